The fraction of sp³-hybridized carbons (Fsp3) is 0.650. The Morgan fingerprint density at radius 3 is 2.29 bits per heavy atom. The summed E-state index contributed by atoms with van der Waals surface area (Å²) in [5.41, 5.74) is 1.80. The van der Waals surface area contributed by atoms with Crippen LogP contribution in [0.5, 0.6) is 0 Å². The summed E-state index contributed by atoms with van der Waals surface area (Å²) in [6.45, 7) is 3.75. The fourth-order valence-corrected chi connectivity index (χ4v) is 3.58. The van der Waals surface area contributed by atoms with Crippen LogP contribution in [0.25, 0.3) is 0 Å². The Kier molecular flexibility index (Phi) is 15.5. The van der Waals surface area contributed by atoms with Crippen molar-refractivity contribution in [2.45, 2.75) is 64.2 Å². The van der Waals surface area contributed by atoms with Crippen molar-refractivity contribution in [3.05, 3.63) is 35.4 Å². The van der Waals surface area contributed by atoms with Crippen molar-refractivity contribution in [3.63, 3.8) is 0 Å². The molecule has 1 aromatic rings. The van der Waals surface area contributed by atoms with Gasteiger partial charge in [-0.15, -0.1) is 24.0 Å². The molecule has 0 aliphatic heterocycles. The van der Waals surface area contributed by atoms with Gasteiger partial charge in [0, 0.05) is 20.1 Å². The number of rotatable bonds is 13. The molecule has 0 aliphatic carbocycles. The number of sulfonamides is 1. The summed E-state index contributed by atoms with van der Waals surface area (Å²) >= 11 is 0. The SMILES string of the molecule is CCCCCCCCCNC(=NC)NCc1cccc(CS(=O)(=O)NC)c1.I. The van der Waals surface area contributed by atoms with Gasteiger partial charge in [-0.25, -0.2) is 13.1 Å². The Morgan fingerprint density at radius 1 is 1.00 bits per heavy atom. The normalized spacial score (nSPS) is 11.8. The first kappa shape index (κ1) is 27.1. The zero-order chi connectivity index (χ0) is 20.0. The van der Waals surface area contributed by atoms with Crippen LogP contribution in [0.2, 0.25) is 0 Å². The summed E-state index contributed by atoms with van der Waals surface area (Å²) in [7, 11) is -0.0649. The third-order valence-corrected chi connectivity index (χ3v) is 5.75. The molecule has 0 amide bonds. The van der Waals surface area contributed by atoms with E-state index in [1.165, 1.54) is 45.6 Å². The fourth-order valence-electron chi connectivity index (χ4n) is 2.82. The highest BCUT2D eigenvalue weighted by molar-refractivity contribution is 14.0. The molecular formula is C20H37IN4O2S. The maximum Gasteiger partial charge on any atom is 0.215 e. The number of hydrogen-bond donors (Lipinski definition) is 3. The van der Waals surface area contributed by atoms with E-state index in [0.717, 1.165) is 30.1 Å². The van der Waals surface area contributed by atoms with Crippen LogP contribution < -0.4 is 15.4 Å². The highest BCUT2D eigenvalue weighted by atomic mass is 127. The second-order valence-corrected chi connectivity index (χ2v) is 8.68. The minimum atomic E-state index is -3.26. The molecule has 0 saturated carbocycles. The molecule has 0 spiro atoms. The molecule has 28 heavy (non-hydrogen) atoms. The van der Waals surface area contributed by atoms with Gasteiger partial charge in [-0.05, 0) is 24.6 Å². The predicted octanol–water partition coefficient (Wildman–Crippen LogP) is 3.77. The van der Waals surface area contributed by atoms with Crippen LogP contribution in [0.4, 0.5) is 0 Å². The van der Waals surface area contributed by atoms with Crippen LogP contribution >= 0.6 is 24.0 Å². The van der Waals surface area contributed by atoms with E-state index < -0.39 is 10.0 Å². The molecule has 6 nitrogen and oxygen atoms in total. The Balaban J connectivity index is 0.00000729. The number of nitrogens with one attached hydrogen (secondary N) is 3. The lowest BCUT2D eigenvalue weighted by Crippen LogP contribution is -2.37. The maximum atomic E-state index is 11.7. The lowest BCUT2D eigenvalue weighted by molar-refractivity contribution is 0.583. The Labute approximate surface area is 188 Å². The molecule has 0 atom stereocenters. The minimum Gasteiger partial charge on any atom is -0.356 e. The average Bonchev–Trinajstić information content (AvgIpc) is 2.66. The van der Waals surface area contributed by atoms with E-state index in [0.29, 0.717) is 6.54 Å². The molecule has 1 rings (SSSR count). The summed E-state index contributed by atoms with van der Waals surface area (Å²) in [5, 5.41) is 6.62. The molecule has 0 bridgehead atoms. The molecule has 0 fully saturated rings. The third kappa shape index (κ3) is 12.6. The lowest BCUT2D eigenvalue weighted by Gasteiger charge is -2.12. The zero-order valence-corrected chi connectivity index (χ0v) is 20.6. The first-order valence-corrected chi connectivity index (χ1v) is 11.6. The van der Waals surface area contributed by atoms with Crippen molar-refractivity contribution in [3.8, 4) is 0 Å². The van der Waals surface area contributed by atoms with E-state index in [1.807, 2.05) is 24.3 Å². The predicted molar refractivity (Wildman–Crippen MR) is 130 cm³/mol. The topological polar surface area (TPSA) is 82.6 Å². The first-order valence-electron chi connectivity index (χ1n) is 9.94. The van der Waals surface area contributed by atoms with Crippen molar-refractivity contribution in [2.24, 2.45) is 4.99 Å². The second-order valence-electron chi connectivity index (χ2n) is 6.76. The van der Waals surface area contributed by atoms with Crippen molar-refractivity contribution >= 4 is 40.0 Å². The monoisotopic (exact) mass is 524 g/mol. The minimum absolute atomic E-state index is 0. The Bertz CT molecular complexity index is 666. The highest BCUT2D eigenvalue weighted by Gasteiger charge is 2.08. The van der Waals surface area contributed by atoms with Gasteiger partial charge in [0.15, 0.2) is 5.96 Å². The molecule has 8 heteroatoms. The van der Waals surface area contributed by atoms with Gasteiger partial charge in [0.1, 0.15) is 0 Å². The molecule has 3 N–H and O–H groups in total. The lowest BCUT2D eigenvalue weighted by atomic mass is 10.1. The van der Waals surface area contributed by atoms with Gasteiger partial charge < -0.3 is 10.6 Å². The summed E-state index contributed by atoms with van der Waals surface area (Å²) in [6, 6.07) is 7.59. The van der Waals surface area contributed by atoms with E-state index in [2.05, 4.69) is 27.3 Å². The van der Waals surface area contributed by atoms with Gasteiger partial charge in [0.05, 0.1) is 5.75 Å². The molecule has 1 aromatic carbocycles. The quantitative estimate of drug-likeness (QED) is 0.159. The standard InChI is InChI=1S/C20H36N4O2S.HI/c1-4-5-6-7-8-9-10-14-23-20(21-2)24-16-18-12-11-13-19(15-18)17-27(25,26)22-3;/h11-13,15,22H,4-10,14,16-17H2,1-3H3,(H2,21,23,24);1H. The van der Waals surface area contributed by atoms with Crippen molar-refractivity contribution in [1.82, 2.24) is 15.4 Å². The van der Waals surface area contributed by atoms with Gasteiger partial charge >= 0.3 is 0 Å². The summed E-state index contributed by atoms with van der Waals surface area (Å²) in [4.78, 5) is 4.25. The summed E-state index contributed by atoms with van der Waals surface area (Å²) in [6.07, 6.45) is 9.01. The van der Waals surface area contributed by atoms with Gasteiger partial charge in [0.2, 0.25) is 10.0 Å². The Morgan fingerprint density at radius 2 is 1.64 bits per heavy atom. The van der Waals surface area contributed by atoms with Gasteiger partial charge in [-0.3, -0.25) is 4.99 Å². The van der Waals surface area contributed by atoms with Gasteiger partial charge in [-0.1, -0.05) is 69.7 Å². The van der Waals surface area contributed by atoms with E-state index >= 15 is 0 Å². The summed E-state index contributed by atoms with van der Waals surface area (Å²) in [5.74, 6) is 0.761. The molecular weight excluding hydrogens is 487 g/mol. The van der Waals surface area contributed by atoms with E-state index in [-0.39, 0.29) is 29.7 Å². The average molecular weight is 525 g/mol. The molecule has 0 aliphatic rings. The van der Waals surface area contributed by atoms with Crippen LogP contribution in [0.3, 0.4) is 0 Å². The first-order chi connectivity index (χ1) is 13.0. The number of halogens is 1. The molecule has 0 radical (unpaired) electrons. The Hall–Kier alpha value is -0.870. The summed E-state index contributed by atoms with van der Waals surface area (Å²) < 4.78 is 25.7. The van der Waals surface area contributed by atoms with E-state index in [4.69, 9.17) is 0 Å². The number of hydrogen-bond acceptors (Lipinski definition) is 3. The number of nitrogens with zero attached hydrogens (tertiary/aromatic N) is 1. The molecule has 0 unspecified atom stereocenters. The zero-order valence-electron chi connectivity index (χ0n) is 17.5. The van der Waals surface area contributed by atoms with Crippen LogP contribution in [0.1, 0.15) is 63.0 Å². The smallest absolute Gasteiger partial charge is 0.215 e. The van der Waals surface area contributed by atoms with E-state index in [1.54, 1.807) is 7.05 Å². The van der Waals surface area contributed by atoms with Gasteiger partial charge in [0.25, 0.3) is 0 Å². The van der Waals surface area contributed by atoms with Crippen LogP contribution in [0, 0.1) is 0 Å². The number of guanidine groups is 1. The number of unbranched alkanes of at least 4 members (excludes halogenated alkanes) is 6. The van der Waals surface area contributed by atoms with Crippen molar-refractivity contribution in [2.75, 3.05) is 20.6 Å². The van der Waals surface area contributed by atoms with Crippen LogP contribution in [-0.2, 0) is 22.3 Å². The van der Waals surface area contributed by atoms with Crippen LogP contribution in [0.15, 0.2) is 29.3 Å². The largest absolute Gasteiger partial charge is 0.356 e. The van der Waals surface area contributed by atoms with Gasteiger partial charge in [-0.2, -0.15) is 0 Å². The molecule has 0 heterocycles. The maximum absolute atomic E-state index is 11.7. The second kappa shape index (κ2) is 16.0. The van der Waals surface area contributed by atoms with Crippen molar-refractivity contribution < 1.29 is 8.42 Å². The number of benzene rings is 1. The third-order valence-electron chi connectivity index (χ3n) is 4.42. The highest BCUT2D eigenvalue weighted by Crippen LogP contribution is 2.09. The van der Waals surface area contributed by atoms with E-state index in [9.17, 15) is 8.42 Å². The van der Waals surface area contributed by atoms with Crippen molar-refractivity contribution in [1.29, 1.82) is 0 Å². The number of aliphatic imine (C=N–C) groups is 1. The molecule has 162 valence electrons. The molecule has 0 saturated heterocycles. The molecule has 0 aromatic heterocycles. The van der Waals surface area contributed by atoms with Crippen LogP contribution in [-0.4, -0.2) is 35.0 Å².